The van der Waals surface area contributed by atoms with Crippen molar-refractivity contribution in [2.24, 2.45) is 17.6 Å². The third kappa shape index (κ3) is 2.42. The molecule has 0 aliphatic carbocycles. The van der Waals surface area contributed by atoms with E-state index >= 15 is 0 Å². The zero-order valence-corrected chi connectivity index (χ0v) is 12.3. The summed E-state index contributed by atoms with van der Waals surface area (Å²) in [6.45, 7) is 12.1. The summed E-state index contributed by atoms with van der Waals surface area (Å²) < 4.78 is 5.68. The van der Waals surface area contributed by atoms with Crippen molar-refractivity contribution in [2.45, 2.75) is 65.0 Å². The summed E-state index contributed by atoms with van der Waals surface area (Å²) in [4.78, 5) is 0. The smallest absolute Gasteiger partial charge is 0.167 e. The number of ether oxygens (including phenoxy) is 1. The van der Waals surface area contributed by atoms with Gasteiger partial charge in [-0.15, -0.1) is 0 Å². The van der Waals surface area contributed by atoms with Crippen LogP contribution in [0.3, 0.4) is 0 Å². The average molecular weight is 260 g/mol. The van der Waals surface area contributed by atoms with E-state index in [9.17, 15) is 10.3 Å². The minimum absolute atomic E-state index is 0.0757. The Kier molecular flexibility index (Phi) is 4.45. The third-order valence-corrected chi connectivity index (χ3v) is 4.82. The lowest BCUT2D eigenvalue weighted by Gasteiger charge is -2.58. The Morgan fingerprint density at radius 3 is 1.89 bits per heavy atom. The van der Waals surface area contributed by atoms with Gasteiger partial charge in [0.05, 0.1) is 6.10 Å². The van der Waals surface area contributed by atoms with Crippen LogP contribution in [-0.4, -0.2) is 45.4 Å². The molecule has 3 atom stereocenters. The highest BCUT2D eigenvalue weighted by atomic mass is 16.6. The Morgan fingerprint density at radius 2 is 1.56 bits per heavy atom. The minimum Gasteiger partial charge on any atom is -0.367 e. The van der Waals surface area contributed by atoms with Crippen LogP contribution in [0.5, 0.6) is 0 Å². The fraction of sp³-hybridized carbons (Fsp3) is 1.00. The topological polar surface area (TPSA) is 79.0 Å². The number of hydrogen-bond acceptors (Lipinski definition) is 5. The van der Waals surface area contributed by atoms with Crippen LogP contribution < -0.4 is 5.73 Å². The van der Waals surface area contributed by atoms with Gasteiger partial charge in [0.25, 0.3) is 0 Å². The summed E-state index contributed by atoms with van der Waals surface area (Å²) in [5.41, 5.74) is 4.56. The predicted molar refractivity (Wildman–Crippen MR) is 70.0 cm³/mol. The van der Waals surface area contributed by atoms with Gasteiger partial charge in [-0.3, -0.25) is 0 Å². The van der Waals surface area contributed by atoms with Gasteiger partial charge in [0.15, 0.2) is 6.29 Å². The lowest BCUT2D eigenvalue weighted by atomic mass is 9.67. The lowest BCUT2D eigenvalue weighted by Crippen LogP contribution is -2.69. The summed E-state index contributed by atoms with van der Waals surface area (Å²) in [6, 6.07) is 0. The fourth-order valence-corrected chi connectivity index (χ4v) is 2.84. The molecular formula is C13H28N2O3. The first-order valence-corrected chi connectivity index (χ1v) is 6.59. The number of aliphatic hydroxyl groups excluding tert-OH is 1. The monoisotopic (exact) mass is 260 g/mol. The van der Waals surface area contributed by atoms with Gasteiger partial charge in [0, 0.05) is 29.5 Å². The van der Waals surface area contributed by atoms with Crippen molar-refractivity contribution in [1.82, 2.24) is 5.06 Å². The molecule has 1 aliphatic rings. The van der Waals surface area contributed by atoms with Crippen LogP contribution in [0.4, 0.5) is 0 Å². The van der Waals surface area contributed by atoms with Crippen LogP contribution in [0.25, 0.3) is 0 Å². The molecule has 4 N–H and O–H groups in total. The van der Waals surface area contributed by atoms with Crippen LogP contribution in [0, 0.1) is 11.8 Å². The van der Waals surface area contributed by atoms with E-state index in [1.54, 1.807) is 0 Å². The number of rotatable bonds is 3. The van der Waals surface area contributed by atoms with Crippen molar-refractivity contribution in [1.29, 1.82) is 0 Å². The number of hydrogen-bond donors (Lipinski definition) is 3. The Morgan fingerprint density at radius 1 is 1.17 bits per heavy atom. The minimum atomic E-state index is -0.947. The zero-order valence-electron chi connectivity index (χ0n) is 12.3. The van der Waals surface area contributed by atoms with Gasteiger partial charge in [-0.1, -0.05) is 13.8 Å². The molecule has 0 bridgehead atoms. The van der Waals surface area contributed by atoms with Crippen molar-refractivity contribution in [3.05, 3.63) is 0 Å². The van der Waals surface area contributed by atoms with E-state index < -0.39 is 17.4 Å². The first kappa shape index (κ1) is 15.9. The summed E-state index contributed by atoms with van der Waals surface area (Å²) in [6.07, 6.45) is -1.09. The molecule has 108 valence electrons. The molecule has 0 aromatic carbocycles. The molecule has 0 amide bonds. The Bertz CT molecular complexity index is 272. The van der Waals surface area contributed by atoms with Gasteiger partial charge in [0.2, 0.25) is 0 Å². The molecule has 0 aromatic rings. The van der Waals surface area contributed by atoms with Gasteiger partial charge in [0.1, 0.15) is 0 Å². The standard InChI is InChI=1S/C13H28N2O3/c1-8-11(18-10(16)7-14)9(2)13(5,6)15(17)12(8,3)4/h8-11,16-17H,7,14H2,1-6H3. The van der Waals surface area contributed by atoms with Crippen molar-refractivity contribution < 1.29 is 15.1 Å². The van der Waals surface area contributed by atoms with E-state index in [2.05, 4.69) is 0 Å². The van der Waals surface area contributed by atoms with Crippen LogP contribution in [0.1, 0.15) is 41.5 Å². The van der Waals surface area contributed by atoms with Crippen LogP contribution in [0.15, 0.2) is 0 Å². The molecule has 0 aromatic heterocycles. The number of hydroxylamine groups is 2. The number of nitrogens with two attached hydrogens (primary N) is 1. The van der Waals surface area contributed by atoms with Gasteiger partial charge >= 0.3 is 0 Å². The summed E-state index contributed by atoms with van der Waals surface area (Å²) >= 11 is 0. The van der Waals surface area contributed by atoms with Crippen LogP contribution in [-0.2, 0) is 4.74 Å². The third-order valence-electron chi connectivity index (χ3n) is 4.82. The van der Waals surface area contributed by atoms with Crippen molar-refractivity contribution in [3.63, 3.8) is 0 Å². The van der Waals surface area contributed by atoms with E-state index in [0.717, 1.165) is 0 Å². The van der Waals surface area contributed by atoms with Crippen LogP contribution in [0.2, 0.25) is 0 Å². The maximum Gasteiger partial charge on any atom is 0.167 e. The van der Waals surface area contributed by atoms with E-state index in [-0.39, 0.29) is 24.5 Å². The molecule has 0 spiro atoms. The second-order valence-electron chi connectivity index (χ2n) is 6.49. The highest BCUT2D eigenvalue weighted by Crippen LogP contribution is 2.45. The first-order chi connectivity index (χ1) is 8.06. The van der Waals surface area contributed by atoms with E-state index in [0.29, 0.717) is 0 Å². The highest BCUT2D eigenvalue weighted by Gasteiger charge is 2.54. The second-order valence-corrected chi connectivity index (χ2v) is 6.49. The SMILES string of the molecule is CC1C(OC(O)CN)C(C)C(C)(C)N(O)C1(C)C. The average Bonchev–Trinajstić information content (AvgIpc) is 2.31. The molecule has 18 heavy (non-hydrogen) atoms. The van der Waals surface area contributed by atoms with E-state index in [1.165, 1.54) is 5.06 Å². The Hall–Kier alpha value is -0.200. The fourth-order valence-electron chi connectivity index (χ4n) is 2.84. The van der Waals surface area contributed by atoms with E-state index in [4.69, 9.17) is 10.5 Å². The maximum atomic E-state index is 10.4. The second kappa shape index (κ2) is 5.06. The summed E-state index contributed by atoms with van der Waals surface area (Å²) in [7, 11) is 0. The molecule has 1 rings (SSSR count). The van der Waals surface area contributed by atoms with Crippen molar-refractivity contribution in [3.8, 4) is 0 Å². The molecular weight excluding hydrogens is 232 g/mol. The Labute approximate surface area is 110 Å². The highest BCUT2D eigenvalue weighted by molar-refractivity contribution is 5.04. The van der Waals surface area contributed by atoms with Crippen molar-refractivity contribution in [2.75, 3.05) is 6.54 Å². The molecule has 1 aliphatic heterocycles. The van der Waals surface area contributed by atoms with Crippen LogP contribution >= 0.6 is 0 Å². The lowest BCUT2D eigenvalue weighted by molar-refractivity contribution is -0.312. The first-order valence-electron chi connectivity index (χ1n) is 6.59. The summed E-state index contributed by atoms with van der Waals surface area (Å²) in [5, 5.41) is 21.5. The van der Waals surface area contributed by atoms with E-state index in [1.807, 2.05) is 41.5 Å². The summed E-state index contributed by atoms with van der Waals surface area (Å²) in [5.74, 6) is 0.151. The van der Waals surface area contributed by atoms with Gasteiger partial charge in [-0.2, -0.15) is 5.06 Å². The largest absolute Gasteiger partial charge is 0.367 e. The number of nitrogens with zero attached hydrogens (tertiary/aromatic N) is 1. The molecule has 1 saturated heterocycles. The maximum absolute atomic E-state index is 10.4. The predicted octanol–water partition coefficient (Wildman–Crippen LogP) is 1.18. The number of piperidine rings is 1. The zero-order chi connectivity index (χ0) is 14.3. The quantitative estimate of drug-likeness (QED) is 0.664. The van der Waals surface area contributed by atoms with Crippen molar-refractivity contribution >= 4 is 0 Å². The molecule has 0 saturated carbocycles. The molecule has 1 heterocycles. The van der Waals surface area contributed by atoms with Gasteiger partial charge < -0.3 is 20.8 Å². The van der Waals surface area contributed by atoms with Gasteiger partial charge in [-0.05, 0) is 27.7 Å². The molecule has 5 nitrogen and oxygen atoms in total. The van der Waals surface area contributed by atoms with Gasteiger partial charge in [-0.25, -0.2) is 0 Å². The molecule has 0 radical (unpaired) electrons. The molecule has 3 unspecified atom stereocenters. The number of aliphatic hydroxyl groups is 1. The molecule has 1 fully saturated rings. The Balaban J connectivity index is 3.03. The normalized spacial score (nSPS) is 37.5. The molecule has 5 heteroatoms.